The lowest BCUT2D eigenvalue weighted by molar-refractivity contribution is 0.200. The molecule has 1 atom stereocenters. The molecule has 0 saturated heterocycles. The van der Waals surface area contributed by atoms with Crippen molar-refractivity contribution in [3.63, 3.8) is 0 Å². The summed E-state index contributed by atoms with van der Waals surface area (Å²) in [5, 5.41) is 12.8. The summed E-state index contributed by atoms with van der Waals surface area (Å²) in [5.41, 5.74) is 1.05. The molecular weight excluding hydrogens is 214 g/mol. The van der Waals surface area contributed by atoms with Gasteiger partial charge in [-0.3, -0.25) is 0 Å². The maximum absolute atomic E-state index is 9.68. The van der Waals surface area contributed by atoms with E-state index < -0.39 is 0 Å². The summed E-state index contributed by atoms with van der Waals surface area (Å²) in [6.45, 7) is 4.14. The smallest absolute Gasteiger partial charge is 0.0954 e. The fraction of sp³-hybridized carbons (Fsp3) is 0.700. The summed E-state index contributed by atoms with van der Waals surface area (Å²) in [5.74, 6) is 1.96. The molecular formula is C10H17NOS2. The van der Waals surface area contributed by atoms with Gasteiger partial charge in [-0.2, -0.15) is 11.8 Å². The lowest BCUT2D eigenvalue weighted by Crippen LogP contribution is -2.13. The molecule has 0 aliphatic rings. The van der Waals surface area contributed by atoms with Crippen molar-refractivity contribution in [3.05, 3.63) is 16.1 Å². The van der Waals surface area contributed by atoms with Crippen molar-refractivity contribution in [1.29, 1.82) is 0 Å². The molecule has 1 aromatic rings. The van der Waals surface area contributed by atoms with Crippen LogP contribution < -0.4 is 0 Å². The van der Waals surface area contributed by atoms with Gasteiger partial charge in [0.25, 0.3) is 0 Å². The number of nitrogens with zero attached hydrogens (tertiary/aromatic N) is 1. The van der Waals surface area contributed by atoms with E-state index >= 15 is 0 Å². The van der Waals surface area contributed by atoms with Crippen molar-refractivity contribution in [1.82, 2.24) is 4.98 Å². The molecule has 1 unspecified atom stereocenters. The number of rotatable bonds is 6. The van der Waals surface area contributed by atoms with Crippen LogP contribution in [0.1, 0.15) is 24.0 Å². The molecule has 4 heteroatoms. The standard InChI is InChI=1S/C10H17NOS2/c1-3-4-13-7-9(12)5-10-11-8(2)6-14-10/h6,9,12H,3-5,7H2,1-2H3. The van der Waals surface area contributed by atoms with Gasteiger partial charge in [0.05, 0.1) is 11.1 Å². The first-order valence-corrected chi connectivity index (χ1v) is 6.92. The van der Waals surface area contributed by atoms with Crippen molar-refractivity contribution in [2.45, 2.75) is 32.8 Å². The van der Waals surface area contributed by atoms with Gasteiger partial charge in [-0.25, -0.2) is 4.98 Å². The number of aryl methyl sites for hydroxylation is 1. The first-order valence-electron chi connectivity index (χ1n) is 4.89. The predicted molar refractivity (Wildman–Crippen MR) is 64.2 cm³/mol. The van der Waals surface area contributed by atoms with E-state index in [2.05, 4.69) is 11.9 Å². The molecule has 0 aliphatic carbocycles. The minimum absolute atomic E-state index is 0.239. The van der Waals surface area contributed by atoms with Gasteiger partial charge in [0.15, 0.2) is 0 Å². The quantitative estimate of drug-likeness (QED) is 0.764. The van der Waals surface area contributed by atoms with Crippen LogP contribution in [-0.2, 0) is 6.42 Å². The Kier molecular flexibility index (Phi) is 5.52. The molecule has 0 spiro atoms. The van der Waals surface area contributed by atoms with Crippen LogP contribution in [0.15, 0.2) is 5.38 Å². The van der Waals surface area contributed by atoms with Crippen molar-refractivity contribution in [2.75, 3.05) is 11.5 Å². The van der Waals surface area contributed by atoms with E-state index in [1.807, 2.05) is 24.1 Å². The zero-order valence-corrected chi connectivity index (χ0v) is 10.3. The van der Waals surface area contributed by atoms with Gasteiger partial charge < -0.3 is 5.11 Å². The third-order valence-corrected chi connectivity index (χ3v) is 4.04. The van der Waals surface area contributed by atoms with Crippen LogP contribution in [0.5, 0.6) is 0 Å². The number of hydrogen-bond acceptors (Lipinski definition) is 4. The molecule has 0 aromatic carbocycles. The van der Waals surface area contributed by atoms with Crippen molar-refractivity contribution in [3.8, 4) is 0 Å². The second-order valence-corrected chi connectivity index (χ2v) is 5.41. The summed E-state index contributed by atoms with van der Waals surface area (Å²) in [6.07, 6.45) is 1.64. The van der Waals surface area contributed by atoms with E-state index in [-0.39, 0.29) is 6.10 Å². The number of hydrogen-bond donors (Lipinski definition) is 1. The molecule has 0 radical (unpaired) electrons. The number of aliphatic hydroxyl groups is 1. The largest absolute Gasteiger partial charge is 0.392 e. The van der Waals surface area contributed by atoms with Crippen LogP contribution in [0.25, 0.3) is 0 Å². The summed E-state index contributed by atoms with van der Waals surface area (Å²) in [4.78, 5) is 4.33. The van der Waals surface area contributed by atoms with E-state index in [1.165, 1.54) is 6.42 Å². The maximum atomic E-state index is 9.68. The fourth-order valence-corrected chi connectivity index (χ4v) is 2.81. The molecule has 0 aliphatic heterocycles. The zero-order chi connectivity index (χ0) is 10.4. The first-order chi connectivity index (χ1) is 6.72. The Hall–Kier alpha value is -0.0600. The Labute approximate surface area is 93.8 Å². The van der Waals surface area contributed by atoms with E-state index in [9.17, 15) is 5.11 Å². The predicted octanol–water partition coefficient (Wildman–Crippen LogP) is 2.50. The highest BCUT2D eigenvalue weighted by molar-refractivity contribution is 7.99. The van der Waals surface area contributed by atoms with Gasteiger partial charge in [0, 0.05) is 23.2 Å². The minimum Gasteiger partial charge on any atom is -0.392 e. The topological polar surface area (TPSA) is 33.1 Å². The van der Waals surface area contributed by atoms with Crippen molar-refractivity contribution in [2.24, 2.45) is 0 Å². The van der Waals surface area contributed by atoms with Crippen LogP contribution in [0.3, 0.4) is 0 Å². The number of thiazole rings is 1. The zero-order valence-electron chi connectivity index (χ0n) is 8.69. The average molecular weight is 231 g/mol. The average Bonchev–Trinajstić information content (AvgIpc) is 2.52. The third kappa shape index (κ3) is 4.44. The number of aliphatic hydroxyl groups excluding tert-OH is 1. The highest BCUT2D eigenvalue weighted by Gasteiger charge is 2.07. The Balaban J connectivity index is 2.23. The summed E-state index contributed by atoms with van der Waals surface area (Å²) >= 11 is 3.45. The van der Waals surface area contributed by atoms with Gasteiger partial charge in [-0.1, -0.05) is 6.92 Å². The molecule has 0 fully saturated rings. The highest BCUT2D eigenvalue weighted by atomic mass is 32.2. The van der Waals surface area contributed by atoms with Crippen LogP contribution in [0.2, 0.25) is 0 Å². The lowest BCUT2D eigenvalue weighted by Gasteiger charge is -2.07. The first kappa shape index (κ1) is 12.0. The van der Waals surface area contributed by atoms with Crippen LogP contribution in [0, 0.1) is 6.92 Å². The molecule has 2 nitrogen and oxygen atoms in total. The molecule has 1 N–H and O–H groups in total. The molecule has 1 aromatic heterocycles. The monoisotopic (exact) mass is 231 g/mol. The molecule has 80 valence electrons. The van der Waals surface area contributed by atoms with Gasteiger partial charge >= 0.3 is 0 Å². The fourth-order valence-electron chi connectivity index (χ4n) is 1.12. The Bertz CT molecular complexity index is 262. The van der Waals surface area contributed by atoms with Gasteiger partial charge in [0.2, 0.25) is 0 Å². The van der Waals surface area contributed by atoms with E-state index in [4.69, 9.17) is 0 Å². The molecule has 1 heterocycles. The summed E-state index contributed by atoms with van der Waals surface area (Å²) < 4.78 is 0. The summed E-state index contributed by atoms with van der Waals surface area (Å²) in [7, 11) is 0. The van der Waals surface area contributed by atoms with Crippen molar-refractivity contribution < 1.29 is 5.11 Å². The highest BCUT2D eigenvalue weighted by Crippen LogP contribution is 2.13. The van der Waals surface area contributed by atoms with E-state index in [0.717, 1.165) is 22.2 Å². The summed E-state index contributed by atoms with van der Waals surface area (Å²) in [6, 6.07) is 0. The van der Waals surface area contributed by atoms with Gasteiger partial charge in [-0.15, -0.1) is 11.3 Å². The molecule has 0 bridgehead atoms. The molecule has 0 amide bonds. The minimum atomic E-state index is -0.239. The second-order valence-electron chi connectivity index (χ2n) is 3.32. The van der Waals surface area contributed by atoms with Gasteiger partial charge in [0.1, 0.15) is 0 Å². The Morgan fingerprint density at radius 2 is 2.43 bits per heavy atom. The SMILES string of the molecule is CCCSCC(O)Cc1nc(C)cs1. The lowest BCUT2D eigenvalue weighted by atomic mass is 10.3. The van der Waals surface area contributed by atoms with E-state index in [0.29, 0.717) is 6.42 Å². The van der Waals surface area contributed by atoms with Crippen LogP contribution >= 0.6 is 23.1 Å². The maximum Gasteiger partial charge on any atom is 0.0954 e. The van der Waals surface area contributed by atoms with Crippen LogP contribution in [-0.4, -0.2) is 27.7 Å². The molecule has 1 rings (SSSR count). The van der Waals surface area contributed by atoms with Gasteiger partial charge in [-0.05, 0) is 19.1 Å². The Morgan fingerprint density at radius 1 is 1.64 bits per heavy atom. The third-order valence-electron chi connectivity index (χ3n) is 1.74. The van der Waals surface area contributed by atoms with Crippen LogP contribution in [0.4, 0.5) is 0 Å². The van der Waals surface area contributed by atoms with Crippen molar-refractivity contribution >= 4 is 23.1 Å². The number of aromatic nitrogens is 1. The van der Waals surface area contributed by atoms with E-state index in [1.54, 1.807) is 11.3 Å². The normalized spacial score (nSPS) is 13.1. The molecule has 14 heavy (non-hydrogen) atoms. The Morgan fingerprint density at radius 3 is 3.00 bits per heavy atom. The number of thioether (sulfide) groups is 1. The molecule has 0 saturated carbocycles. The second kappa shape index (κ2) is 6.43.